The summed E-state index contributed by atoms with van der Waals surface area (Å²) in [4.78, 5) is 33.8. The molecule has 4 aromatic rings. The van der Waals surface area contributed by atoms with E-state index < -0.39 is 5.25 Å². The molecule has 1 amide bonds. The zero-order valence-corrected chi connectivity index (χ0v) is 17.0. The Balaban J connectivity index is 1.64. The number of amides is 1. The number of nitrogens with zero attached hydrogens (tertiary/aromatic N) is 4. The van der Waals surface area contributed by atoms with Crippen molar-refractivity contribution in [2.75, 3.05) is 5.32 Å². The number of carbonyl (C=O) groups excluding carboxylic acids is 2. The van der Waals surface area contributed by atoms with Crippen LogP contribution in [0.5, 0.6) is 0 Å². The van der Waals surface area contributed by atoms with Crippen LogP contribution in [0.4, 0.5) is 5.69 Å². The first kappa shape index (κ1) is 19.1. The molecule has 4 rings (SSSR count). The number of aryl methyl sites for hydroxylation is 1. The Morgan fingerprint density at radius 2 is 1.79 bits per heavy atom. The number of aromatic nitrogens is 4. The van der Waals surface area contributed by atoms with Crippen molar-refractivity contribution < 1.29 is 9.59 Å². The molecular weight excluding hydrogens is 386 g/mol. The second-order valence-corrected chi connectivity index (χ2v) is 7.97. The van der Waals surface area contributed by atoms with Gasteiger partial charge in [-0.1, -0.05) is 36.0 Å². The molecule has 8 heteroatoms. The minimum atomic E-state index is -0.462. The van der Waals surface area contributed by atoms with E-state index in [0.29, 0.717) is 27.9 Å². The zero-order chi connectivity index (χ0) is 20.5. The highest BCUT2D eigenvalue weighted by molar-refractivity contribution is 8.00. The van der Waals surface area contributed by atoms with E-state index in [1.165, 1.54) is 18.7 Å². The van der Waals surface area contributed by atoms with Crippen LogP contribution in [0.15, 0.2) is 53.7 Å². The SMILES string of the molecule is CC(=O)c1ccccc1NC(=O)C(C)Sc1nc2ccccc2c2nc(C)nn12. The monoisotopic (exact) mass is 405 g/mol. The number of rotatable bonds is 5. The predicted molar refractivity (Wildman–Crippen MR) is 113 cm³/mol. The Labute approximate surface area is 171 Å². The molecule has 0 saturated carbocycles. The molecule has 2 heterocycles. The highest BCUT2D eigenvalue weighted by Gasteiger charge is 2.21. The highest BCUT2D eigenvalue weighted by atomic mass is 32.2. The lowest BCUT2D eigenvalue weighted by atomic mass is 10.1. The summed E-state index contributed by atoms with van der Waals surface area (Å²) >= 11 is 1.30. The lowest BCUT2D eigenvalue weighted by molar-refractivity contribution is -0.115. The highest BCUT2D eigenvalue weighted by Crippen LogP contribution is 2.27. The summed E-state index contributed by atoms with van der Waals surface area (Å²) < 4.78 is 1.68. The van der Waals surface area contributed by atoms with Crippen LogP contribution in [0.3, 0.4) is 0 Å². The summed E-state index contributed by atoms with van der Waals surface area (Å²) in [6.07, 6.45) is 0. The smallest absolute Gasteiger partial charge is 0.237 e. The van der Waals surface area contributed by atoms with Crippen molar-refractivity contribution in [3.63, 3.8) is 0 Å². The Kier molecular flexibility index (Phi) is 5.02. The molecule has 0 bridgehead atoms. The van der Waals surface area contributed by atoms with Crippen LogP contribution < -0.4 is 5.32 Å². The molecule has 0 radical (unpaired) electrons. The number of hydrogen-bond acceptors (Lipinski definition) is 6. The first-order chi connectivity index (χ1) is 13.9. The molecule has 0 aliphatic rings. The van der Waals surface area contributed by atoms with Crippen LogP contribution in [0.25, 0.3) is 16.6 Å². The van der Waals surface area contributed by atoms with Gasteiger partial charge in [0, 0.05) is 10.9 Å². The Bertz CT molecular complexity index is 1250. The maximum Gasteiger partial charge on any atom is 0.237 e. The van der Waals surface area contributed by atoms with Gasteiger partial charge in [0.2, 0.25) is 5.91 Å². The molecule has 0 saturated heterocycles. The third-order valence-electron chi connectivity index (χ3n) is 4.47. The van der Waals surface area contributed by atoms with E-state index in [1.54, 1.807) is 35.7 Å². The van der Waals surface area contributed by atoms with E-state index in [4.69, 9.17) is 0 Å². The van der Waals surface area contributed by atoms with Gasteiger partial charge in [0.05, 0.1) is 16.5 Å². The summed E-state index contributed by atoms with van der Waals surface area (Å²) in [7, 11) is 0. The van der Waals surface area contributed by atoms with Crippen LogP contribution in [0, 0.1) is 6.92 Å². The molecular formula is C21H19N5O2S. The molecule has 1 N–H and O–H groups in total. The Morgan fingerprint density at radius 1 is 1.07 bits per heavy atom. The minimum absolute atomic E-state index is 0.0998. The van der Waals surface area contributed by atoms with E-state index in [-0.39, 0.29) is 11.7 Å². The number of ketones is 1. The zero-order valence-electron chi connectivity index (χ0n) is 16.2. The Morgan fingerprint density at radius 3 is 2.59 bits per heavy atom. The average Bonchev–Trinajstić information content (AvgIpc) is 3.10. The van der Waals surface area contributed by atoms with Gasteiger partial charge in [0.1, 0.15) is 5.82 Å². The summed E-state index contributed by atoms with van der Waals surface area (Å²) in [5.74, 6) is 0.318. The van der Waals surface area contributed by atoms with Gasteiger partial charge in [-0.2, -0.15) is 4.52 Å². The number of nitrogens with one attached hydrogen (secondary N) is 1. The maximum absolute atomic E-state index is 12.8. The van der Waals surface area contributed by atoms with Crippen molar-refractivity contribution in [2.24, 2.45) is 0 Å². The van der Waals surface area contributed by atoms with Gasteiger partial charge < -0.3 is 5.32 Å². The molecule has 29 heavy (non-hydrogen) atoms. The van der Waals surface area contributed by atoms with E-state index in [9.17, 15) is 9.59 Å². The summed E-state index contributed by atoms with van der Waals surface area (Å²) in [5, 5.41) is 8.32. The quantitative estimate of drug-likeness (QED) is 0.308. The van der Waals surface area contributed by atoms with Crippen molar-refractivity contribution >= 4 is 45.7 Å². The lowest BCUT2D eigenvalue weighted by Crippen LogP contribution is -2.24. The maximum atomic E-state index is 12.8. The fourth-order valence-electron chi connectivity index (χ4n) is 3.05. The summed E-state index contributed by atoms with van der Waals surface area (Å²) in [5.41, 5.74) is 2.50. The van der Waals surface area contributed by atoms with Gasteiger partial charge >= 0.3 is 0 Å². The molecule has 0 spiro atoms. The average molecular weight is 405 g/mol. The molecule has 0 aliphatic carbocycles. The normalized spacial score (nSPS) is 12.2. The second-order valence-electron chi connectivity index (χ2n) is 6.66. The molecule has 7 nitrogen and oxygen atoms in total. The van der Waals surface area contributed by atoms with Crippen LogP contribution in [0.1, 0.15) is 30.0 Å². The first-order valence-corrected chi connectivity index (χ1v) is 10.0. The molecule has 1 unspecified atom stereocenters. The molecule has 0 aliphatic heterocycles. The molecule has 0 fully saturated rings. The van der Waals surface area contributed by atoms with E-state index >= 15 is 0 Å². The largest absolute Gasteiger partial charge is 0.324 e. The van der Waals surface area contributed by atoms with Crippen LogP contribution >= 0.6 is 11.8 Å². The van der Waals surface area contributed by atoms with Gasteiger partial charge in [-0.05, 0) is 45.0 Å². The number of fused-ring (bicyclic) bond motifs is 3. The number of para-hydroxylation sites is 2. The minimum Gasteiger partial charge on any atom is -0.324 e. The van der Waals surface area contributed by atoms with Crippen LogP contribution in [-0.2, 0) is 4.79 Å². The lowest BCUT2D eigenvalue weighted by Gasteiger charge is -2.14. The van der Waals surface area contributed by atoms with Gasteiger partial charge in [-0.15, -0.1) is 5.10 Å². The molecule has 146 valence electrons. The third kappa shape index (κ3) is 3.71. The van der Waals surface area contributed by atoms with Gasteiger partial charge in [0.25, 0.3) is 0 Å². The number of hydrogen-bond donors (Lipinski definition) is 1. The van der Waals surface area contributed by atoms with Crippen molar-refractivity contribution in [3.05, 3.63) is 59.9 Å². The second kappa shape index (κ2) is 7.63. The number of Topliss-reactive ketones (excluding diaryl/α,β-unsaturated/α-hetero) is 1. The number of carbonyl (C=O) groups is 2. The topological polar surface area (TPSA) is 89.2 Å². The Hall–Kier alpha value is -3.26. The summed E-state index contributed by atoms with van der Waals surface area (Å²) in [6.45, 7) is 5.10. The molecule has 2 aromatic heterocycles. The van der Waals surface area contributed by atoms with Crippen LogP contribution in [-0.4, -0.2) is 36.5 Å². The first-order valence-electron chi connectivity index (χ1n) is 9.13. The fraction of sp³-hybridized carbons (Fsp3) is 0.190. The van der Waals surface area contributed by atoms with Crippen molar-refractivity contribution in [3.8, 4) is 0 Å². The van der Waals surface area contributed by atoms with Gasteiger partial charge in [-0.3, -0.25) is 9.59 Å². The predicted octanol–water partition coefficient (Wildman–Crippen LogP) is 3.91. The van der Waals surface area contributed by atoms with Crippen LogP contribution in [0.2, 0.25) is 0 Å². The molecule has 2 aromatic carbocycles. The standard InChI is InChI=1S/C21H19N5O2S/c1-12(27)15-8-4-6-10-17(15)23-20(28)13(2)29-21-24-18-11-7-5-9-16(18)19-22-14(3)25-26(19)21/h4-11,13H,1-3H3,(H,23,28). The molecule has 1 atom stereocenters. The summed E-state index contributed by atoms with van der Waals surface area (Å²) in [6, 6.07) is 14.7. The third-order valence-corrected chi connectivity index (χ3v) is 5.51. The van der Waals surface area contributed by atoms with E-state index in [0.717, 1.165) is 10.9 Å². The number of thioether (sulfide) groups is 1. The van der Waals surface area contributed by atoms with Gasteiger partial charge in [0.15, 0.2) is 16.6 Å². The van der Waals surface area contributed by atoms with E-state index in [1.807, 2.05) is 31.2 Å². The number of anilines is 1. The van der Waals surface area contributed by atoms with E-state index in [2.05, 4.69) is 20.4 Å². The van der Waals surface area contributed by atoms with Gasteiger partial charge in [-0.25, -0.2) is 9.97 Å². The number of benzene rings is 2. The van der Waals surface area contributed by atoms with Crippen molar-refractivity contribution in [1.82, 2.24) is 19.6 Å². The van der Waals surface area contributed by atoms with Crippen molar-refractivity contribution in [1.29, 1.82) is 0 Å². The fourth-order valence-corrected chi connectivity index (χ4v) is 3.92. The van der Waals surface area contributed by atoms with Crippen molar-refractivity contribution in [2.45, 2.75) is 31.2 Å².